The van der Waals surface area contributed by atoms with E-state index in [9.17, 15) is 9.90 Å². The van der Waals surface area contributed by atoms with Gasteiger partial charge in [-0.2, -0.15) is 0 Å². The van der Waals surface area contributed by atoms with Crippen molar-refractivity contribution in [1.82, 2.24) is 10.3 Å². The second-order valence-corrected chi connectivity index (χ2v) is 5.28. The van der Waals surface area contributed by atoms with Crippen LogP contribution in [0.4, 0.5) is 5.82 Å². The molecule has 0 aliphatic heterocycles. The van der Waals surface area contributed by atoms with Crippen molar-refractivity contribution in [3.8, 4) is 0 Å². The summed E-state index contributed by atoms with van der Waals surface area (Å²) in [4.78, 5) is 18.1. The van der Waals surface area contributed by atoms with Crippen LogP contribution >= 0.6 is 0 Å². The molecule has 0 saturated carbocycles. The molecule has 1 atom stereocenters. The average Bonchev–Trinajstić information content (AvgIpc) is 2.37. The zero-order valence-corrected chi connectivity index (χ0v) is 12.1. The summed E-state index contributed by atoms with van der Waals surface area (Å²) < 4.78 is 0. The summed E-state index contributed by atoms with van der Waals surface area (Å²) in [5, 5.41) is 12.1. The number of nitrogens with zero attached hydrogens (tertiary/aromatic N) is 2. The number of pyridine rings is 1. The molecule has 1 heterocycles. The molecule has 0 aliphatic rings. The van der Waals surface area contributed by atoms with E-state index in [-0.39, 0.29) is 18.6 Å². The molecule has 0 bridgehead atoms. The molecule has 19 heavy (non-hydrogen) atoms. The van der Waals surface area contributed by atoms with Crippen molar-refractivity contribution >= 4 is 11.7 Å². The molecule has 0 saturated heterocycles. The summed E-state index contributed by atoms with van der Waals surface area (Å²) >= 11 is 0. The SMILES string of the molecule is CC(C)CC(CO)NC(=O)c1ccc(N(C)C)nc1. The second-order valence-electron chi connectivity index (χ2n) is 5.28. The third-order valence-electron chi connectivity index (χ3n) is 2.78. The van der Waals surface area contributed by atoms with Crippen LogP contribution in [-0.4, -0.2) is 42.7 Å². The smallest absolute Gasteiger partial charge is 0.253 e. The number of rotatable bonds is 6. The maximum atomic E-state index is 12.0. The van der Waals surface area contributed by atoms with Gasteiger partial charge < -0.3 is 15.3 Å². The largest absolute Gasteiger partial charge is 0.394 e. The monoisotopic (exact) mass is 265 g/mol. The van der Waals surface area contributed by atoms with Crippen LogP contribution in [0.1, 0.15) is 30.6 Å². The molecule has 1 aromatic heterocycles. The van der Waals surface area contributed by atoms with Gasteiger partial charge in [0.2, 0.25) is 0 Å². The van der Waals surface area contributed by atoms with Crippen LogP contribution in [0.5, 0.6) is 0 Å². The molecule has 1 amide bonds. The highest BCUT2D eigenvalue weighted by Crippen LogP contribution is 2.09. The molecule has 5 heteroatoms. The zero-order chi connectivity index (χ0) is 14.4. The van der Waals surface area contributed by atoms with E-state index in [2.05, 4.69) is 24.1 Å². The third kappa shape index (κ3) is 4.87. The predicted octanol–water partition coefficient (Wildman–Crippen LogP) is 1.28. The fourth-order valence-electron chi connectivity index (χ4n) is 1.80. The lowest BCUT2D eigenvalue weighted by Gasteiger charge is -2.18. The van der Waals surface area contributed by atoms with Crippen molar-refractivity contribution in [2.24, 2.45) is 5.92 Å². The van der Waals surface area contributed by atoms with Gasteiger partial charge in [0.15, 0.2) is 0 Å². The maximum Gasteiger partial charge on any atom is 0.253 e. The van der Waals surface area contributed by atoms with Gasteiger partial charge in [0.1, 0.15) is 5.82 Å². The Morgan fingerprint density at radius 2 is 2.11 bits per heavy atom. The number of amides is 1. The number of hydrogen-bond acceptors (Lipinski definition) is 4. The lowest BCUT2D eigenvalue weighted by atomic mass is 10.0. The number of hydrogen-bond donors (Lipinski definition) is 2. The molecule has 1 unspecified atom stereocenters. The van der Waals surface area contributed by atoms with Crippen molar-refractivity contribution in [2.75, 3.05) is 25.6 Å². The summed E-state index contributed by atoms with van der Waals surface area (Å²) in [5.41, 5.74) is 0.507. The lowest BCUT2D eigenvalue weighted by molar-refractivity contribution is 0.0908. The number of aliphatic hydroxyl groups excluding tert-OH is 1. The van der Waals surface area contributed by atoms with E-state index in [4.69, 9.17) is 0 Å². The standard InChI is InChI=1S/C14H23N3O2/c1-10(2)7-12(9-18)16-14(19)11-5-6-13(15-8-11)17(3)4/h5-6,8,10,12,18H,7,9H2,1-4H3,(H,16,19). The van der Waals surface area contributed by atoms with E-state index in [1.165, 1.54) is 0 Å². The Morgan fingerprint density at radius 1 is 1.42 bits per heavy atom. The first kappa shape index (κ1) is 15.4. The molecule has 0 aliphatic carbocycles. The van der Waals surface area contributed by atoms with Crippen molar-refractivity contribution < 1.29 is 9.90 Å². The number of carbonyl (C=O) groups excluding carboxylic acids is 1. The highest BCUT2D eigenvalue weighted by molar-refractivity contribution is 5.94. The van der Waals surface area contributed by atoms with Crippen LogP contribution in [0.15, 0.2) is 18.3 Å². The fraction of sp³-hybridized carbons (Fsp3) is 0.571. The molecular weight excluding hydrogens is 242 g/mol. The topological polar surface area (TPSA) is 65.5 Å². The Labute approximate surface area is 114 Å². The summed E-state index contributed by atoms with van der Waals surface area (Å²) in [6.07, 6.45) is 2.31. The van der Waals surface area contributed by atoms with Crippen molar-refractivity contribution in [3.05, 3.63) is 23.9 Å². The summed E-state index contributed by atoms with van der Waals surface area (Å²) in [6, 6.07) is 3.33. The predicted molar refractivity (Wildman–Crippen MR) is 76.4 cm³/mol. The molecular formula is C14H23N3O2. The van der Waals surface area contributed by atoms with E-state index < -0.39 is 0 Å². The summed E-state index contributed by atoms with van der Waals surface area (Å²) in [7, 11) is 3.79. The quantitative estimate of drug-likeness (QED) is 0.813. The van der Waals surface area contributed by atoms with Gasteiger partial charge in [0.25, 0.3) is 5.91 Å². The first-order valence-electron chi connectivity index (χ1n) is 6.49. The van der Waals surface area contributed by atoms with Gasteiger partial charge in [0, 0.05) is 20.3 Å². The van der Waals surface area contributed by atoms with E-state index in [1.54, 1.807) is 18.3 Å². The van der Waals surface area contributed by atoms with E-state index in [0.29, 0.717) is 11.5 Å². The van der Waals surface area contributed by atoms with E-state index in [0.717, 1.165) is 12.2 Å². The highest BCUT2D eigenvalue weighted by atomic mass is 16.3. The van der Waals surface area contributed by atoms with Gasteiger partial charge in [-0.25, -0.2) is 4.98 Å². The molecule has 106 valence electrons. The number of aromatic nitrogens is 1. The zero-order valence-electron chi connectivity index (χ0n) is 12.1. The Morgan fingerprint density at radius 3 is 2.53 bits per heavy atom. The molecule has 1 rings (SSSR count). The van der Waals surface area contributed by atoms with Gasteiger partial charge in [-0.05, 0) is 24.5 Å². The average molecular weight is 265 g/mol. The fourth-order valence-corrected chi connectivity index (χ4v) is 1.80. The Balaban J connectivity index is 2.66. The maximum absolute atomic E-state index is 12.0. The van der Waals surface area contributed by atoms with Crippen molar-refractivity contribution in [2.45, 2.75) is 26.3 Å². The van der Waals surface area contributed by atoms with Gasteiger partial charge in [-0.3, -0.25) is 4.79 Å². The lowest BCUT2D eigenvalue weighted by Crippen LogP contribution is -2.38. The van der Waals surface area contributed by atoms with Crippen molar-refractivity contribution in [3.63, 3.8) is 0 Å². The van der Waals surface area contributed by atoms with Crippen LogP contribution in [0.25, 0.3) is 0 Å². The van der Waals surface area contributed by atoms with Crippen LogP contribution in [0.2, 0.25) is 0 Å². The van der Waals surface area contributed by atoms with E-state index in [1.807, 2.05) is 19.0 Å². The van der Waals surface area contributed by atoms with Gasteiger partial charge >= 0.3 is 0 Å². The molecule has 0 spiro atoms. The molecule has 2 N–H and O–H groups in total. The summed E-state index contributed by atoms with van der Waals surface area (Å²) in [6.45, 7) is 4.07. The number of anilines is 1. The number of carbonyl (C=O) groups is 1. The van der Waals surface area contributed by atoms with E-state index >= 15 is 0 Å². The molecule has 0 fully saturated rings. The van der Waals surface area contributed by atoms with Crippen molar-refractivity contribution in [1.29, 1.82) is 0 Å². The molecule has 0 radical (unpaired) electrons. The van der Waals surface area contributed by atoms with Crippen LogP contribution in [-0.2, 0) is 0 Å². The van der Waals surface area contributed by atoms with Gasteiger partial charge in [-0.1, -0.05) is 13.8 Å². The van der Waals surface area contributed by atoms with Gasteiger partial charge in [-0.15, -0.1) is 0 Å². The minimum Gasteiger partial charge on any atom is -0.394 e. The second kappa shape index (κ2) is 7.09. The highest BCUT2D eigenvalue weighted by Gasteiger charge is 2.14. The molecule has 1 aromatic rings. The van der Waals surface area contributed by atoms with Crippen LogP contribution in [0.3, 0.4) is 0 Å². The minimum atomic E-state index is -0.207. The van der Waals surface area contributed by atoms with Gasteiger partial charge in [0.05, 0.1) is 18.2 Å². The van der Waals surface area contributed by atoms with Crippen LogP contribution < -0.4 is 10.2 Å². The van der Waals surface area contributed by atoms with Crippen LogP contribution in [0, 0.1) is 5.92 Å². The number of nitrogens with one attached hydrogen (secondary N) is 1. The Hall–Kier alpha value is -1.62. The normalized spacial score (nSPS) is 12.3. The Bertz CT molecular complexity index is 402. The third-order valence-corrected chi connectivity index (χ3v) is 2.78. The minimum absolute atomic E-state index is 0.0485. The first-order valence-corrected chi connectivity index (χ1v) is 6.49. The first-order chi connectivity index (χ1) is 8.93. The molecule has 5 nitrogen and oxygen atoms in total. The summed E-state index contributed by atoms with van der Waals surface area (Å²) in [5.74, 6) is 1.03. The number of aliphatic hydroxyl groups is 1. The molecule has 0 aromatic carbocycles. The Kier molecular flexibility index (Phi) is 5.76.